The maximum Gasteiger partial charge on any atom is 0.115 e. The van der Waals surface area contributed by atoms with Gasteiger partial charge in [-0.1, -0.05) is 32.9 Å². The van der Waals surface area contributed by atoms with Crippen molar-refractivity contribution in [2.24, 2.45) is 0 Å². The van der Waals surface area contributed by atoms with Gasteiger partial charge in [-0.15, -0.1) is 0 Å². The van der Waals surface area contributed by atoms with Gasteiger partial charge in [0.2, 0.25) is 0 Å². The SMILES string of the molecule is CCC(C)N(CC)C(CC)c1ccc(O)cc1. The first-order chi connectivity index (χ1) is 8.13. The van der Waals surface area contributed by atoms with E-state index < -0.39 is 0 Å². The summed E-state index contributed by atoms with van der Waals surface area (Å²) in [7, 11) is 0. The number of hydrogen-bond donors (Lipinski definition) is 1. The molecule has 1 aromatic carbocycles. The van der Waals surface area contributed by atoms with E-state index in [1.54, 1.807) is 12.1 Å². The highest BCUT2D eigenvalue weighted by atomic mass is 16.3. The van der Waals surface area contributed by atoms with Crippen LogP contribution in [0.1, 0.15) is 52.1 Å². The lowest BCUT2D eigenvalue weighted by Gasteiger charge is -2.35. The highest BCUT2D eigenvalue weighted by Gasteiger charge is 2.21. The largest absolute Gasteiger partial charge is 0.508 e. The Kier molecular flexibility index (Phi) is 5.49. The fourth-order valence-corrected chi connectivity index (χ4v) is 2.43. The lowest BCUT2D eigenvalue weighted by Crippen LogP contribution is -2.35. The van der Waals surface area contributed by atoms with Crippen LogP contribution in [0, 0.1) is 0 Å². The fourth-order valence-electron chi connectivity index (χ4n) is 2.43. The summed E-state index contributed by atoms with van der Waals surface area (Å²) in [4.78, 5) is 2.53. The Balaban J connectivity index is 2.92. The molecule has 1 rings (SSSR count). The van der Waals surface area contributed by atoms with E-state index in [1.807, 2.05) is 12.1 Å². The monoisotopic (exact) mass is 235 g/mol. The Labute approximate surface area is 105 Å². The number of benzene rings is 1. The second kappa shape index (κ2) is 6.65. The van der Waals surface area contributed by atoms with E-state index >= 15 is 0 Å². The van der Waals surface area contributed by atoms with Crippen LogP contribution in [0.5, 0.6) is 5.75 Å². The van der Waals surface area contributed by atoms with E-state index in [1.165, 1.54) is 12.0 Å². The van der Waals surface area contributed by atoms with Gasteiger partial charge in [0.25, 0.3) is 0 Å². The Bertz CT molecular complexity index is 320. The Morgan fingerprint density at radius 1 is 1.06 bits per heavy atom. The molecule has 1 N–H and O–H groups in total. The summed E-state index contributed by atoms with van der Waals surface area (Å²) >= 11 is 0. The molecule has 0 heterocycles. The summed E-state index contributed by atoms with van der Waals surface area (Å²) in [5, 5.41) is 9.35. The number of aromatic hydroxyl groups is 1. The van der Waals surface area contributed by atoms with Crippen LogP contribution < -0.4 is 0 Å². The van der Waals surface area contributed by atoms with Crippen LogP contribution in [0.3, 0.4) is 0 Å². The Morgan fingerprint density at radius 2 is 1.65 bits per heavy atom. The molecule has 2 atom stereocenters. The lowest BCUT2D eigenvalue weighted by atomic mass is 10.0. The highest BCUT2D eigenvalue weighted by molar-refractivity contribution is 5.28. The van der Waals surface area contributed by atoms with Crippen molar-refractivity contribution >= 4 is 0 Å². The van der Waals surface area contributed by atoms with Crippen molar-refractivity contribution in [1.29, 1.82) is 0 Å². The molecule has 0 saturated heterocycles. The molecule has 1 aromatic rings. The summed E-state index contributed by atoms with van der Waals surface area (Å²) in [6.45, 7) is 10.0. The zero-order chi connectivity index (χ0) is 12.8. The van der Waals surface area contributed by atoms with Crippen molar-refractivity contribution in [1.82, 2.24) is 4.90 Å². The summed E-state index contributed by atoms with van der Waals surface area (Å²) in [6.07, 6.45) is 2.27. The zero-order valence-corrected chi connectivity index (χ0v) is 11.5. The van der Waals surface area contributed by atoms with Crippen LogP contribution in [0.25, 0.3) is 0 Å². The zero-order valence-electron chi connectivity index (χ0n) is 11.5. The van der Waals surface area contributed by atoms with Gasteiger partial charge in [0.15, 0.2) is 0 Å². The van der Waals surface area contributed by atoms with Crippen LogP contribution in [-0.2, 0) is 0 Å². The predicted molar refractivity (Wildman–Crippen MR) is 73.3 cm³/mol. The molecule has 0 aliphatic carbocycles. The number of hydrogen-bond acceptors (Lipinski definition) is 2. The number of phenols is 1. The normalized spacial score (nSPS) is 14.9. The van der Waals surface area contributed by atoms with E-state index in [2.05, 4.69) is 32.6 Å². The first-order valence-electron chi connectivity index (χ1n) is 6.68. The van der Waals surface area contributed by atoms with Gasteiger partial charge < -0.3 is 5.11 Å². The maximum absolute atomic E-state index is 9.35. The average Bonchev–Trinajstić information content (AvgIpc) is 2.36. The molecule has 0 amide bonds. The summed E-state index contributed by atoms with van der Waals surface area (Å²) in [6, 6.07) is 8.68. The smallest absolute Gasteiger partial charge is 0.115 e. The van der Waals surface area contributed by atoms with Gasteiger partial charge in [0.1, 0.15) is 5.75 Å². The van der Waals surface area contributed by atoms with Gasteiger partial charge in [0.05, 0.1) is 0 Å². The molecular weight excluding hydrogens is 210 g/mol. The number of rotatable bonds is 6. The molecule has 17 heavy (non-hydrogen) atoms. The maximum atomic E-state index is 9.35. The van der Waals surface area contributed by atoms with Gasteiger partial charge in [-0.3, -0.25) is 4.90 Å². The van der Waals surface area contributed by atoms with Crippen LogP contribution in [0.15, 0.2) is 24.3 Å². The van der Waals surface area contributed by atoms with Crippen LogP contribution in [0.4, 0.5) is 0 Å². The molecule has 0 aliphatic rings. The quantitative estimate of drug-likeness (QED) is 0.806. The van der Waals surface area contributed by atoms with Gasteiger partial charge in [-0.05, 0) is 44.0 Å². The molecule has 2 unspecified atom stereocenters. The van der Waals surface area contributed by atoms with E-state index in [-0.39, 0.29) is 0 Å². The molecule has 2 nitrogen and oxygen atoms in total. The molecule has 2 heteroatoms. The fraction of sp³-hybridized carbons (Fsp3) is 0.600. The minimum absolute atomic E-state index is 0.343. The second-order valence-electron chi connectivity index (χ2n) is 4.60. The van der Waals surface area contributed by atoms with Crippen LogP contribution in [-0.4, -0.2) is 22.6 Å². The minimum Gasteiger partial charge on any atom is -0.508 e. The van der Waals surface area contributed by atoms with Crippen molar-refractivity contribution in [2.75, 3.05) is 6.54 Å². The van der Waals surface area contributed by atoms with Gasteiger partial charge >= 0.3 is 0 Å². The molecule has 0 fully saturated rings. The van der Waals surface area contributed by atoms with Crippen molar-refractivity contribution in [3.8, 4) is 5.75 Å². The summed E-state index contributed by atoms with van der Waals surface area (Å²) in [5.74, 6) is 0.343. The minimum atomic E-state index is 0.343. The third-order valence-electron chi connectivity index (χ3n) is 3.59. The van der Waals surface area contributed by atoms with Gasteiger partial charge in [0, 0.05) is 12.1 Å². The molecule has 0 radical (unpaired) electrons. The molecule has 96 valence electrons. The Hall–Kier alpha value is -1.02. The van der Waals surface area contributed by atoms with E-state index in [0.717, 1.165) is 13.0 Å². The molecule has 0 aliphatic heterocycles. The van der Waals surface area contributed by atoms with Gasteiger partial charge in [-0.25, -0.2) is 0 Å². The average molecular weight is 235 g/mol. The first kappa shape index (κ1) is 14.0. The topological polar surface area (TPSA) is 23.5 Å². The van der Waals surface area contributed by atoms with Crippen molar-refractivity contribution in [3.63, 3.8) is 0 Å². The standard InChI is InChI=1S/C15H25NO/c1-5-12(4)16(7-3)15(6-2)13-8-10-14(17)11-9-13/h8-12,15,17H,5-7H2,1-4H3. The second-order valence-corrected chi connectivity index (χ2v) is 4.60. The van der Waals surface area contributed by atoms with Gasteiger partial charge in [-0.2, -0.15) is 0 Å². The molecule has 0 bridgehead atoms. The van der Waals surface area contributed by atoms with Crippen molar-refractivity contribution < 1.29 is 5.11 Å². The predicted octanol–water partition coefficient (Wildman–Crippen LogP) is 3.96. The molecule has 0 saturated carbocycles. The highest BCUT2D eigenvalue weighted by Crippen LogP contribution is 2.27. The van der Waals surface area contributed by atoms with Crippen molar-refractivity contribution in [3.05, 3.63) is 29.8 Å². The number of phenolic OH excluding ortho intramolecular Hbond substituents is 1. The van der Waals surface area contributed by atoms with E-state index in [0.29, 0.717) is 17.8 Å². The molecular formula is C15H25NO. The lowest BCUT2D eigenvalue weighted by molar-refractivity contribution is 0.144. The number of nitrogens with zero attached hydrogens (tertiary/aromatic N) is 1. The third kappa shape index (κ3) is 3.47. The van der Waals surface area contributed by atoms with Crippen molar-refractivity contribution in [2.45, 2.75) is 52.6 Å². The molecule has 0 spiro atoms. The van der Waals surface area contributed by atoms with Crippen LogP contribution >= 0.6 is 0 Å². The van der Waals surface area contributed by atoms with E-state index in [4.69, 9.17) is 0 Å². The molecule has 0 aromatic heterocycles. The van der Waals surface area contributed by atoms with Crippen LogP contribution in [0.2, 0.25) is 0 Å². The summed E-state index contributed by atoms with van der Waals surface area (Å²) in [5.41, 5.74) is 1.30. The van der Waals surface area contributed by atoms with E-state index in [9.17, 15) is 5.11 Å². The third-order valence-corrected chi connectivity index (χ3v) is 3.59. The Morgan fingerprint density at radius 3 is 2.06 bits per heavy atom. The summed E-state index contributed by atoms with van der Waals surface area (Å²) < 4.78 is 0. The first-order valence-corrected chi connectivity index (χ1v) is 6.68.